The van der Waals surface area contributed by atoms with Gasteiger partial charge in [0.05, 0.1) is 11.3 Å². The molecule has 3 aromatic rings. The Bertz CT molecular complexity index is 1020. The van der Waals surface area contributed by atoms with Gasteiger partial charge in [0, 0.05) is 38.4 Å². The van der Waals surface area contributed by atoms with E-state index in [0.29, 0.717) is 18.0 Å². The summed E-state index contributed by atoms with van der Waals surface area (Å²) in [5.41, 5.74) is 3.28. The molecule has 6 nitrogen and oxygen atoms in total. The molecule has 160 valence electrons. The van der Waals surface area contributed by atoms with Crippen LogP contribution in [0.2, 0.25) is 0 Å². The van der Waals surface area contributed by atoms with Crippen molar-refractivity contribution in [2.24, 2.45) is 13.0 Å². The Balaban J connectivity index is 1.34. The Morgan fingerprint density at radius 3 is 2.32 bits per heavy atom. The molecule has 1 aliphatic heterocycles. The van der Waals surface area contributed by atoms with Crippen LogP contribution in [0.25, 0.3) is 0 Å². The largest absolute Gasteiger partial charge is 0.348 e. The molecular weight excluding hydrogens is 388 g/mol. The van der Waals surface area contributed by atoms with Crippen LogP contribution >= 0.6 is 0 Å². The van der Waals surface area contributed by atoms with Crippen LogP contribution in [-0.2, 0) is 20.0 Å². The van der Waals surface area contributed by atoms with Gasteiger partial charge in [-0.1, -0.05) is 48.5 Å². The van der Waals surface area contributed by atoms with Crippen LogP contribution in [0.1, 0.15) is 44.8 Å². The normalized spacial score (nSPS) is 14.4. The van der Waals surface area contributed by atoms with E-state index in [-0.39, 0.29) is 11.8 Å². The Morgan fingerprint density at radius 1 is 1.00 bits per heavy atom. The van der Waals surface area contributed by atoms with Gasteiger partial charge in [-0.15, -0.1) is 0 Å². The molecule has 0 spiro atoms. The molecule has 1 aromatic heterocycles. The summed E-state index contributed by atoms with van der Waals surface area (Å²) >= 11 is 0. The number of amides is 2. The summed E-state index contributed by atoms with van der Waals surface area (Å²) in [6.45, 7) is 1.97. The van der Waals surface area contributed by atoms with Crippen LogP contribution in [0.4, 0.5) is 0 Å². The quantitative estimate of drug-likeness (QED) is 0.669. The van der Waals surface area contributed by atoms with Crippen LogP contribution in [0.5, 0.6) is 0 Å². The molecule has 6 heteroatoms. The number of likely N-dealkylation sites (tertiary alicyclic amines) is 1. The highest BCUT2D eigenvalue weighted by Gasteiger charge is 2.26. The smallest absolute Gasteiger partial charge is 0.255 e. The lowest BCUT2D eigenvalue weighted by Gasteiger charge is -2.32. The summed E-state index contributed by atoms with van der Waals surface area (Å²) < 4.78 is 1.71. The average molecular weight is 417 g/mol. The third-order valence-electron chi connectivity index (χ3n) is 5.85. The van der Waals surface area contributed by atoms with Crippen LogP contribution in [-0.4, -0.2) is 39.6 Å². The van der Waals surface area contributed by atoms with Crippen LogP contribution in [0, 0.1) is 5.92 Å². The van der Waals surface area contributed by atoms with Crippen molar-refractivity contribution in [1.82, 2.24) is 20.0 Å². The second kappa shape index (κ2) is 9.60. The van der Waals surface area contributed by atoms with Gasteiger partial charge >= 0.3 is 0 Å². The van der Waals surface area contributed by atoms with E-state index in [4.69, 9.17) is 0 Å². The van der Waals surface area contributed by atoms with Crippen LogP contribution in [0.15, 0.2) is 66.9 Å². The summed E-state index contributed by atoms with van der Waals surface area (Å²) in [7, 11) is 1.85. The third kappa shape index (κ3) is 5.20. The molecular formula is C25H28N4O2. The standard InChI is InChI=1S/C25H28N4O2/c1-28-18-22(24(30)26-17-20-8-4-2-5-9-20)23(27-28)16-19-12-14-29(15-13-19)25(31)21-10-6-3-7-11-21/h2-11,18-19H,12-17H2,1H3,(H,26,30). The predicted octanol–water partition coefficient (Wildman–Crippen LogP) is 3.45. The number of hydrogen-bond acceptors (Lipinski definition) is 3. The molecule has 4 rings (SSSR count). The molecule has 0 atom stereocenters. The van der Waals surface area contributed by atoms with Crippen LogP contribution < -0.4 is 5.32 Å². The first-order chi connectivity index (χ1) is 15.1. The van der Waals surface area contributed by atoms with Crippen molar-refractivity contribution in [2.45, 2.75) is 25.8 Å². The second-order valence-corrected chi connectivity index (χ2v) is 8.14. The molecule has 2 amide bonds. The number of rotatable bonds is 6. The molecule has 0 aliphatic carbocycles. The Morgan fingerprint density at radius 2 is 1.65 bits per heavy atom. The monoisotopic (exact) mass is 416 g/mol. The molecule has 0 unspecified atom stereocenters. The first kappa shape index (κ1) is 20.8. The van der Waals surface area contributed by atoms with E-state index in [0.717, 1.165) is 49.2 Å². The Hall–Kier alpha value is -3.41. The van der Waals surface area contributed by atoms with Crippen LogP contribution in [0.3, 0.4) is 0 Å². The molecule has 1 aliphatic rings. The van der Waals surface area contributed by atoms with Gasteiger partial charge in [-0.25, -0.2) is 0 Å². The van der Waals surface area contributed by atoms with Crippen molar-refractivity contribution in [2.75, 3.05) is 13.1 Å². The molecule has 31 heavy (non-hydrogen) atoms. The lowest BCUT2D eigenvalue weighted by atomic mass is 9.91. The van der Waals surface area contributed by atoms with Gasteiger partial charge in [-0.2, -0.15) is 5.10 Å². The zero-order valence-electron chi connectivity index (χ0n) is 17.8. The number of piperidine rings is 1. The minimum atomic E-state index is -0.0938. The van der Waals surface area contributed by atoms with Gasteiger partial charge in [0.1, 0.15) is 0 Å². The minimum Gasteiger partial charge on any atom is -0.348 e. The van der Waals surface area contributed by atoms with Gasteiger partial charge in [-0.05, 0) is 42.9 Å². The molecule has 0 radical (unpaired) electrons. The van der Waals surface area contributed by atoms with Gasteiger partial charge < -0.3 is 10.2 Å². The molecule has 2 heterocycles. The first-order valence-electron chi connectivity index (χ1n) is 10.8. The van der Waals surface area contributed by atoms with E-state index < -0.39 is 0 Å². The van der Waals surface area contributed by atoms with Gasteiger partial charge in [0.2, 0.25) is 0 Å². The van der Waals surface area contributed by atoms with E-state index in [1.165, 1.54) is 0 Å². The second-order valence-electron chi connectivity index (χ2n) is 8.14. The number of aromatic nitrogens is 2. The van der Waals surface area contributed by atoms with E-state index in [1.807, 2.05) is 72.6 Å². The SMILES string of the molecule is Cn1cc(C(=O)NCc2ccccc2)c(CC2CCN(C(=O)c3ccccc3)CC2)n1. The average Bonchev–Trinajstić information content (AvgIpc) is 3.18. The maximum atomic E-state index is 12.8. The molecule has 0 saturated carbocycles. The highest BCUT2D eigenvalue weighted by Crippen LogP contribution is 2.24. The minimum absolute atomic E-state index is 0.0938. The zero-order chi connectivity index (χ0) is 21.6. The van der Waals surface area contributed by atoms with Crippen molar-refractivity contribution in [3.63, 3.8) is 0 Å². The van der Waals surface area contributed by atoms with E-state index in [1.54, 1.807) is 10.9 Å². The number of benzene rings is 2. The molecule has 2 aromatic carbocycles. The van der Waals surface area contributed by atoms with E-state index >= 15 is 0 Å². The molecule has 1 N–H and O–H groups in total. The first-order valence-corrected chi connectivity index (χ1v) is 10.8. The molecule has 1 saturated heterocycles. The summed E-state index contributed by atoms with van der Waals surface area (Å²) in [4.78, 5) is 27.4. The van der Waals surface area contributed by atoms with Crippen molar-refractivity contribution in [3.8, 4) is 0 Å². The highest BCUT2D eigenvalue weighted by molar-refractivity contribution is 5.95. The van der Waals surface area contributed by atoms with Crippen molar-refractivity contribution in [1.29, 1.82) is 0 Å². The maximum Gasteiger partial charge on any atom is 0.255 e. The predicted molar refractivity (Wildman–Crippen MR) is 120 cm³/mol. The number of nitrogens with one attached hydrogen (secondary N) is 1. The number of aryl methyl sites for hydroxylation is 1. The summed E-state index contributed by atoms with van der Waals surface area (Å²) in [5.74, 6) is 0.414. The zero-order valence-corrected chi connectivity index (χ0v) is 17.8. The number of carbonyl (C=O) groups is 2. The Labute approximate surface area is 182 Å². The molecule has 0 bridgehead atoms. The maximum absolute atomic E-state index is 12.8. The lowest BCUT2D eigenvalue weighted by Crippen LogP contribution is -2.39. The topological polar surface area (TPSA) is 67.2 Å². The van der Waals surface area contributed by atoms with Gasteiger partial charge in [0.25, 0.3) is 11.8 Å². The van der Waals surface area contributed by atoms with E-state index in [2.05, 4.69) is 10.4 Å². The lowest BCUT2D eigenvalue weighted by molar-refractivity contribution is 0.0690. The van der Waals surface area contributed by atoms with Gasteiger partial charge in [-0.3, -0.25) is 14.3 Å². The van der Waals surface area contributed by atoms with E-state index in [9.17, 15) is 9.59 Å². The number of hydrogen-bond donors (Lipinski definition) is 1. The fourth-order valence-corrected chi connectivity index (χ4v) is 4.13. The summed E-state index contributed by atoms with van der Waals surface area (Å²) in [5, 5.41) is 7.56. The fraction of sp³-hybridized carbons (Fsp3) is 0.320. The van der Waals surface area contributed by atoms with Gasteiger partial charge in [0.15, 0.2) is 0 Å². The molecule has 1 fully saturated rings. The van der Waals surface area contributed by atoms with Crippen molar-refractivity contribution >= 4 is 11.8 Å². The highest BCUT2D eigenvalue weighted by atomic mass is 16.2. The number of nitrogens with zero attached hydrogens (tertiary/aromatic N) is 3. The van der Waals surface area contributed by atoms with Crippen molar-refractivity contribution in [3.05, 3.63) is 89.2 Å². The number of carbonyl (C=O) groups excluding carboxylic acids is 2. The van der Waals surface area contributed by atoms with Crippen molar-refractivity contribution < 1.29 is 9.59 Å². The Kier molecular flexibility index (Phi) is 6.46. The third-order valence-corrected chi connectivity index (χ3v) is 5.85. The summed E-state index contributed by atoms with van der Waals surface area (Å²) in [6, 6.07) is 19.3. The fourth-order valence-electron chi connectivity index (χ4n) is 4.13. The summed E-state index contributed by atoms with van der Waals surface area (Å²) in [6.07, 6.45) is 4.38.